The number of piperazine rings is 1. The summed E-state index contributed by atoms with van der Waals surface area (Å²) in [7, 11) is 1.71. The summed E-state index contributed by atoms with van der Waals surface area (Å²) < 4.78 is 1.55. The van der Waals surface area contributed by atoms with Crippen molar-refractivity contribution in [2.24, 2.45) is 7.05 Å². The highest BCUT2D eigenvalue weighted by Crippen LogP contribution is 2.30. The van der Waals surface area contributed by atoms with Crippen LogP contribution in [0.3, 0.4) is 0 Å². The van der Waals surface area contributed by atoms with Crippen LogP contribution in [0.2, 0.25) is 5.02 Å². The van der Waals surface area contributed by atoms with E-state index in [1.54, 1.807) is 41.9 Å². The molecule has 162 valence electrons. The zero-order valence-corrected chi connectivity index (χ0v) is 19.0. The van der Waals surface area contributed by atoms with Crippen LogP contribution < -0.4 is 10.5 Å². The number of halogens is 1. The maximum atomic E-state index is 12.6. The summed E-state index contributed by atoms with van der Waals surface area (Å²) in [6.45, 7) is 6.21. The molecule has 0 N–H and O–H groups in total. The molecular weight excluding hydrogens is 424 g/mol. The lowest BCUT2D eigenvalue weighted by molar-refractivity contribution is 0.158. The van der Waals surface area contributed by atoms with E-state index in [-0.39, 0.29) is 17.6 Å². The molecule has 1 aliphatic rings. The van der Waals surface area contributed by atoms with Crippen molar-refractivity contribution in [2.45, 2.75) is 32.5 Å². The van der Waals surface area contributed by atoms with E-state index in [4.69, 9.17) is 11.6 Å². The molecular formula is C24H23ClN6O. The summed E-state index contributed by atoms with van der Waals surface area (Å²) >= 11 is 6.40. The SMILES string of the molecule is C[C@@H]1CN(c2cc(=O)n(C)c3ccc(C#N)nc23)[C@@H](C)CN1Cc1c(Cl)cccc1C#N. The van der Waals surface area contributed by atoms with Gasteiger partial charge in [0.05, 0.1) is 22.8 Å². The fourth-order valence-electron chi connectivity index (χ4n) is 4.37. The maximum absolute atomic E-state index is 12.6. The average molecular weight is 447 g/mol. The van der Waals surface area contributed by atoms with Gasteiger partial charge in [0, 0.05) is 55.4 Å². The molecule has 0 saturated carbocycles. The Labute approximate surface area is 191 Å². The van der Waals surface area contributed by atoms with Gasteiger partial charge in [-0.15, -0.1) is 0 Å². The normalized spacial score (nSPS) is 19.0. The molecule has 2 atom stereocenters. The van der Waals surface area contributed by atoms with Crippen LogP contribution in [-0.4, -0.2) is 39.6 Å². The van der Waals surface area contributed by atoms with Crippen molar-refractivity contribution >= 4 is 28.3 Å². The Balaban J connectivity index is 1.69. The Hall–Kier alpha value is -3.39. The van der Waals surface area contributed by atoms with Gasteiger partial charge in [0.1, 0.15) is 17.3 Å². The van der Waals surface area contributed by atoms with Crippen LogP contribution in [0.25, 0.3) is 11.0 Å². The highest BCUT2D eigenvalue weighted by atomic mass is 35.5. The van der Waals surface area contributed by atoms with E-state index in [9.17, 15) is 15.3 Å². The minimum absolute atomic E-state index is 0.0853. The van der Waals surface area contributed by atoms with Crippen molar-refractivity contribution in [2.75, 3.05) is 18.0 Å². The average Bonchev–Trinajstić information content (AvgIpc) is 2.79. The lowest BCUT2D eigenvalue weighted by Gasteiger charge is -2.45. The first-order valence-corrected chi connectivity index (χ1v) is 10.8. The second kappa shape index (κ2) is 8.63. The van der Waals surface area contributed by atoms with E-state index < -0.39 is 0 Å². The molecule has 2 aromatic heterocycles. The first-order chi connectivity index (χ1) is 15.3. The Morgan fingerprint density at radius 3 is 2.62 bits per heavy atom. The highest BCUT2D eigenvalue weighted by molar-refractivity contribution is 6.31. The third kappa shape index (κ3) is 3.82. The smallest absolute Gasteiger partial charge is 0.252 e. The van der Waals surface area contributed by atoms with E-state index in [1.807, 2.05) is 6.07 Å². The summed E-state index contributed by atoms with van der Waals surface area (Å²) in [5.74, 6) is 0. The minimum atomic E-state index is -0.115. The Morgan fingerprint density at radius 1 is 1.12 bits per heavy atom. The van der Waals surface area contributed by atoms with Gasteiger partial charge >= 0.3 is 0 Å². The predicted octanol–water partition coefficient (Wildman–Crippen LogP) is 3.43. The van der Waals surface area contributed by atoms with Gasteiger partial charge < -0.3 is 9.47 Å². The van der Waals surface area contributed by atoms with Crippen molar-refractivity contribution in [3.05, 3.63) is 68.6 Å². The van der Waals surface area contributed by atoms with Gasteiger partial charge in [0.2, 0.25) is 0 Å². The topological polar surface area (TPSA) is 88.9 Å². The summed E-state index contributed by atoms with van der Waals surface area (Å²) in [6, 6.07) is 15.0. The van der Waals surface area contributed by atoms with Gasteiger partial charge in [-0.1, -0.05) is 17.7 Å². The molecule has 0 bridgehead atoms. The molecule has 0 amide bonds. The molecule has 1 fully saturated rings. The molecule has 1 aliphatic heterocycles. The zero-order chi connectivity index (χ0) is 23.0. The number of rotatable bonds is 3. The number of pyridine rings is 2. The number of anilines is 1. The molecule has 1 saturated heterocycles. The van der Waals surface area contributed by atoms with Crippen LogP contribution >= 0.6 is 11.6 Å². The second-order valence-electron chi connectivity index (χ2n) is 8.26. The summed E-state index contributed by atoms with van der Waals surface area (Å²) in [4.78, 5) is 21.7. The molecule has 0 unspecified atom stereocenters. The number of hydrogen-bond donors (Lipinski definition) is 0. The third-order valence-corrected chi connectivity index (χ3v) is 6.56. The second-order valence-corrected chi connectivity index (χ2v) is 8.67. The minimum Gasteiger partial charge on any atom is -0.364 e. The summed E-state index contributed by atoms with van der Waals surface area (Å²) in [5, 5.41) is 19.4. The molecule has 7 nitrogen and oxygen atoms in total. The Kier molecular flexibility index (Phi) is 5.88. The molecule has 0 aliphatic carbocycles. The van der Waals surface area contributed by atoms with Gasteiger partial charge in [0.25, 0.3) is 5.56 Å². The van der Waals surface area contributed by atoms with Crippen LogP contribution in [-0.2, 0) is 13.6 Å². The molecule has 1 aromatic carbocycles. The van der Waals surface area contributed by atoms with Crippen LogP contribution in [0.4, 0.5) is 5.69 Å². The number of aromatic nitrogens is 2. The molecule has 8 heteroatoms. The van der Waals surface area contributed by atoms with Gasteiger partial charge in [-0.3, -0.25) is 9.69 Å². The van der Waals surface area contributed by atoms with Crippen molar-refractivity contribution in [1.82, 2.24) is 14.5 Å². The Morgan fingerprint density at radius 2 is 1.91 bits per heavy atom. The quantitative estimate of drug-likeness (QED) is 0.612. The standard InChI is InChI=1S/C24H23ClN6O/c1-15-13-31(16(2)12-30(15)14-19-17(10-26)5-4-6-20(19)25)22-9-23(32)29(3)21-8-7-18(11-27)28-24(21)22/h4-9,15-16H,12-14H2,1-3H3/t15-,16+/m1/s1. The van der Waals surface area contributed by atoms with E-state index in [0.717, 1.165) is 17.8 Å². The largest absolute Gasteiger partial charge is 0.364 e. The van der Waals surface area contributed by atoms with Crippen LogP contribution in [0.5, 0.6) is 0 Å². The molecule has 32 heavy (non-hydrogen) atoms. The highest BCUT2D eigenvalue weighted by Gasteiger charge is 2.31. The number of hydrogen-bond acceptors (Lipinski definition) is 6. The summed E-state index contributed by atoms with van der Waals surface area (Å²) in [5.41, 5.74) is 3.72. The molecule has 3 heterocycles. The van der Waals surface area contributed by atoms with Crippen LogP contribution in [0, 0.1) is 22.7 Å². The van der Waals surface area contributed by atoms with Gasteiger partial charge in [-0.25, -0.2) is 4.98 Å². The molecule has 4 rings (SSSR count). The van der Waals surface area contributed by atoms with Crippen molar-refractivity contribution in [1.29, 1.82) is 10.5 Å². The lowest BCUT2D eigenvalue weighted by Crippen LogP contribution is -2.56. The number of benzene rings is 1. The van der Waals surface area contributed by atoms with Gasteiger partial charge in [0.15, 0.2) is 0 Å². The molecule has 0 spiro atoms. The fraction of sp³-hybridized carbons (Fsp3) is 0.333. The van der Waals surface area contributed by atoms with E-state index in [1.165, 1.54) is 0 Å². The lowest BCUT2D eigenvalue weighted by atomic mass is 10.0. The number of nitriles is 2. The van der Waals surface area contributed by atoms with Gasteiger partial charge in [-0.2, -0.15) is 10.5 Å². The maximum Gasteiger partial charge on any atom is 0.252 e. The van der Waals surface area contributed by atoms with E-state index in [0.29, 0.717) is 40.4 Å². The molecule has 0 radical (unpaired) electrons. The Bertz CT molecular complexity index is 1340. The number of nitrogens with zero attached hydrogens (tertiary/aromatic N) is 6. The summed E-state index contributed by atoms with van der Waals surface area (Å²) in [6.07, 6.45) is 0. The first-order valence-electron chi connectivity index (χ1n) is 10.4. The number of aryl methyl sites for hydroxylation is 1. The van der Waals surface area contributed by atoms with Crippen LogP contribution in [0.15, 0.2) is 41.2 Å². The van der Waals surface area contributed by atoms with Crippen molar-refractivity contribution in [3.8, 4) is 12.1 Å². The first kappa shape index (κ1) is 21.8. The van der Waals surface area contributed by atoms with Gasteiger partial charge in [-0.05, 0) is 38.1 Å². The third-order valence-electron chi connectivity index (χ3n) is 6.21. The predicted molar refractivity (Wildman–Crippen MR) is 125 cm³/mol. The van der Waals surface area contributed by atoms with E-state index in [2.05, 4.69) is 40.8 Å². The number of fused-ring (bicyclic) bond motifs is 1. The fourth-order valence-corrected chi connectivity index (χ4v) is 4.61. The zero-order valence-electron chi connectivity index (χ0n) is 18.2. The van der Waals surface area contributed by atoms with Crippen molar-refractivity contribution < 1.29 is 0 Å². The van der Waals surface area contributed by atoms with E-state index >= 15 is 0 Å². The van der Waals surface area contributed by atoms with Crippen LogP contribution in [0.1, 0.15) is 30.7 Å². The molecule has 3 aromatic rings. The van der Waals surface area contributed by atoms with Crippen molar-refractivity contribution in [3.63, 3.8) is 0 Å². The monoisotopic (exact) mass is 446 g/mol.